The molecule has 1 saturated carbocycles. The molecule has 0 aromatic carbocycles. The second kappa shape index (κ2) is 8.34. The highest BCUT2D eigenvalue weighted by Crippen LogP contribution is 2.26. The molecule has 1 saturated heterocycles. The van der Waals surface area contributed by atoms with Gasteiger partial charge in [-0.3, -0.25) is 0 Å². The Balaban J connectivity index is 0.00000144. The Labute approximate surface area is 113 Å². The van der Waals surface area contributed by atoms with Crippen LogP contribution in [0.2, 0.25) is 0 Å². The molecule has 3 heteroatoms. The summed E-state index contributed by atoms with van der Waals surface area (Å²) in [6, 6.07) is 0. The Morgan fingerprint density at radius 2 is 1.59 bits per heavy atom. The molecule has 1 heterocycles. The van der Waals surface area contributed by atoms with Crippen molar-refractivity contribution in [3.8, 4) is 0 Å². The van der Waals surface area contributed by atoms with Crippen LogP contribution in [-0.4, -0.2) is 38.1 Å². The van der Waals surface area contributed by atoms with Crippen molar-refractivity contribution in [3.05, 3.63) is 0 Å². The summed E-state index contributed by atoms with van der Waals surface area (Å²) in [4.78, 5) is 2.72. The number of halogens is 1. The molecule has 0 radical (unpaired) electrons. The molecule has 0 spiro atoms. The lowest BCUT2D eigenvalue weighted by molar-refractivity contribution is 0.145. The maximum absolute atomic E-state index is 3.32. The third kappa shape index (κ3) is 5.15. The van der Waals surface area contributed by atoms with Gasteiger partial charge in [-0.05, 0) is 64.2 Å². The van der Waals surface area contributed by atoms with Crippen molar-refractivity contribution in [2.75, 3.05) is 33.2 Å². The molecule has 2 aliphatic rings. The Morgan fingerprint density at radius 1 is 0.941 bits per heavy atom. The van der Waals surface area contributed by atoms with Gasteiger partial charge in [0.1, 0.15) is 0 Å². The number of hydrogen-bond acceptors (Lipinski definition) is 2. The van der Waals surface area contributed by atoms with Crippen molar-refractivity contribution >= 4 is 12.4 Å². The number of nitrogens with zero attached hydrogens (tertiary/aromatic N) is 1. The summed E-state index contributed by atoms with van der Waals surface area (Å²) in [5, 5.41) is 3.32. The van der Waals surface area contributed by atoms with Gasteiger partial charge in [0.25, 0.3) is 0 Å². The lowest BCUT2D eigenvalue weighted by Crippen LogP contribution is -2.39. The molecule has 0 unspecified atom stereocenters. The Morgan fingerprint density at radius 3 is 2.18 bits per heavy atom. The molecule has 1 aliphatic carbocycles. The van der Waals surface area contributed by atoms with Crippen molar-refractivity contribution in [2.45, 2.75) is 44.9 Å². The van der Waals surface area contributed by atoms with Gasteiger partial charge in [-0.15, -0.1) is 12.4 Å². The maximum Gasteiger partial charge on any atom is 0.000966 e. The summed E-state index contributed by atoms with van der Waals surface area (Å²) >= 11 is 0. The third-order valence-corrected chi connectivity index (χ3v) is 4.44. The van der Waals surface area contributed by atoms with Gasteiger partial charge in [0.05, 0.1) is 0 Å². The predicted molar refractivity (Wildman–Crippen MR) is 76.9 cm³/mol. The topological polar surface area (TPSA) is 15.3 Å². The van der Waals surface area contributed by atoms with Crippen molar-refractivity contribution in [2.24, 2.45) is 11.8 Å². The van der Waals surface area contributed by atoms with Crippen LogP contribution >= 0.6 is 12.4 Å². The van der Waals surface area contributed by atoms with E-state index in [9.17, 15) is 0 Å². The molecule has 2 fully saturated rings. The van der Waals surface area contributed by atoms with Crippen molar-refractivity contribution in [3.63, 3.8) is 0 Å². The molecule has 2 nitrogen and oxygen atoms in total. The highest BCUT2D eigenvalue weighted by molar-refractivity contribution is 5.85. The van der Waals surface area contributed by atoms with Crippen LogP contribution in [0.5, 0.6) is 0 Å². The quantitative estimate of drug-likeness (QED) is 0.836. The summed E-state index contributed by atoms with van der Waals surface area (Å²) in [7, 11) is 2.08. The number of hydrogen-bond donors (Lipinski definition) is 1. The van der Waals surface area contributed by atoms with Crippen LogP contribution in [0, 0.1) is 11.8 Å². The maximum atomic E-state index is 3.32. The fraction of sp³-hybridized carbons (Fsp3) is 1.00. The van der Waals surface area contributed by atoms with E-state index in [1.54, 1.807) is 0 Å². The lowest BCUT2D eigenvalue weighted by atomic mass is 9.88. The number of piperidine rings is 1. The van der Waals surface area contributed by atoms with Crippen molar-refractivity contribution in [1.82, 2.24) is 10.2 Å². The van der Waals surface area contributed by atoms with Gasteiger partial charge in [-0.1, -0.05) is 19.3 Å². The van der Waals surface area contributed by atoms with E-state index in [0.717, 1.165) is 11.8 Å². The summed E-state index contributed by atoms with van der Waals surface area (Å²) in [6.07, 6.45) is 10.3. The minimum Gasteiger partial charge on any atom is -0.319 e. The number of rotatable bonds is 4. The predicted octanol–water partition coefficient (Wildman–Crippen LogP) is 2.92. The highest BCUT2D eigenvalue weighted by atomic mass is 35.5. The van der Waals surface area contributed by atoms with Crippen molar-refractivity contribution < 1.29 is 0 Å². The molecule has 0 aromatic heterocycles. The molecule has 1 aliphatic heterocycles. The zero-order valence-corrected chi connectivity index (χ0v) is 12.1. The van der Waals surface area contributed by atoms with Crippen LogP contribution in [0.3, 0.4) is 0 Å². The summed E-state index contributed by atoms with van der Waals surface area (Å²) in [5.41, 5.74) is 0. The van der Waals surface area contributed by atoms with Crippen molar-refractivity contribution in [1.29, 1.82) is 0 Å². The average Bonchev–Trinajstić information content (AvgIpc) is 2.33. The molecule has 1 N–H and O–H groups in total. The second-order valence-corrected chi connectivity index (χ2v) is 5.81. The first-order chi connectivity index (χ1) is 7.88. The van der Waals surface area contributed by atoms with Crippen LogP contribution in [-0.2, 0) is 0 Å². The molecule has 102 valence electrons. The normalized spacial score (nSPS) is 24.5. The van der Waals surface area contributed by atoms with Gasteiger partial charge >= 0.3 is 0 Å². The Kier molecular flexibility index (Phi) is 7.49. The molecule has 0 bridgehead atoms. The molecule has 0 atom stereocenters. The molecule has 0 amide bonds. The van der Waals surface area contributed by atoms with E-state index < -0.39 is 0 Å². The number of likely N-dealkylation sites (tertiary alicyclic amines) is 1. The standard InChI is InChI=1S/C14H28N2.ClH/c1-15-11-13-7-9-16(10-8-13)12-14-5-3-2-4-6-14;/h13-15H,2-12H2,1H3;1H. The van der Waals surface area contributed by atoms with Crippen LogP contribution in [0.25, 0.3) is 0 Å². The van der Waals surface area contributed by atoms with E-state index in [-0.39, 0.29) is 12.4 Å². The third-order valence-electron chi connectivity index (χ3n) is 4.44. The first-order valence-electron chi connectivity index (χ1n) is 7.25. The van der Waals surface area contributed by atoms with E-state index in [0.29, 0.717) is 0 Å². The Bertz CT molecular complexity index is 185. The minimum absolute atomic E-state index is 0. The second-order valence-electron chi connectivity index (χ2n) is 5.81. The summed E-state index contributed by atoms with van der Waals surface area (Å²) < 4.78 is 0. The van der Waals surface area contributed by atoms with Crippen LogP contribution < -0.4 is 5.32 Å². The van der Waals surface area contributed by atoms with Gasteiger partial charge in [-0.25, -0.2) is 0 Å². The fourth-order valence-corrected chi connectivity index (χ4v) is 3.40. The summed E-state index contributed by atoms with van der Waals surface area (Å²) in [6.45, 7) is 5.31. The molecule has 0 aromatic rings. The minimum atomic E-state index is 0. The van der Waals surface area contributed by atoms with Gasteiger partial charge in [-0.2, -0.15) is 0 Å². The molecule has 2 rings (SSSR count). The van der Waals surface area contributed by atoms with E-state index >= 15 is 0 Å². The molecular formula is C14H29ClN2. The van der Waals surface area contributed by atoms with E-state index in [1.165, 1.54) is 71.1 Å². The molecular weight excluding hydrogens is 232 g/mol. The van der Waals surface area contributed by atoms with E-state index in [2.05, 4.69) is 17.3 Å². The molecule has 17 heavy (non-hydrogen) atoms. The largest absolute Gasteiger partial charge is 0.319 e. The fourth-order valence-electron chi connectivity index (χ4n) is 3.40. The average molecular weight is 261 g/mol. The number of nitrogens with one attached hydrogen (secondary N) is 1. The van der Waals surface area contributed by atoms with Gasteiger partial charge in [0.15, 0.2) is 0 Å². The SMILES string of the molecule is CNCC1CCN(CC2CCCCC2)CC1.Cl. The zero-order valence-electron chi connectivity index (χ0n) is 11.3. The smallest absolute Gasteiger partial charge is 0.000966 e. The van der Waals surface area contributed by atoms with Crippen LogP contribution in [0.15, 0.2) is 0 Å². The summed E-state index contributed by atoms with van der Waals surface area (Å²) in [5.74, 6) is 1.96. The highest BCUT2D eigenvalue weighted by Gasteiger charge is 2.22. The van der Waals surface area contributed by atoms with Gasteiger partial charge < -0.3 is 10.2 Å². The van der Waals surface area contributed by atoms with Crippen LogP contribution in [0.1, 0.15) is 44.9 Å². The van der Waals surface area contributed by atoms with E-state index in [4.69, 9.17) is 0 Å². The van der Waals surface area contributed by atoms with Gasteiger partial charge in [0, 0.05) is 6.54 Å². The van der Waals surface area contributed by atoms with Crippen LogP contribution in [0.4, 0.5) is 0 Å². The van der Waals surface area contributed by atoms with Gasteiger partial charge in [0.2, 0.25) is 0 Å². The van der Waals surface area contributed by atoms with E-state index in [1.807, 2.05) is 0 Å². The first kappa shape index (κ1) is 15.3. The Hall–Kier alpha value is 0.210. The first-order valence-corrected chi connectivity index (χ1v) is 7.25. The lowest BCUT2D eigenvalue weighted by Gasteiger charge is -2.35. The zero-order chi connectivity index (χ0) is 11.2. The monoisotopic (exact) mass is 260 g/mol.